The summed E-state index contributed by atoms with van der Waals surface area (Å²) in [7, 11) is 1.43. The fraction of sp³-hybridized carbons (Fsp3) is 0.417. The summed E-state index contributed by atoms with van der Waals surface area (Å²) < 4.78 is 5.71. The second-order valence-electron chi connectivity index (χ2n) is 4.15. The highest BCUT2D eigenvalue weighted by Crippen LogP contribution is 2.26. The third-order valence-electron chi connectivity index (χ3n) is 2.89. The van der Waals surface area contributed by atoms with Gasteiger partial charge in [0.15, 0.2) is 0 Å². The predicted molar refractivity (Wildman–Crippen MR) is 69.9 cm³/mol. The molecule has 2 rings (SSSR count). The van der Waals surface area contributed by atoms with Crippen molar-refractivity contribution < 1.29 is 9.53 Å². The Balaban J connectivity index is 1.91. The number of likely N-dealkylation sites (tertiary alicyclic amines) is 1. The van der Waals surface area contributed by atoms with Crippen LogP contribution in [-0.2, 0) is 16.1 Å². The van der Waals surface area contributed by atoms with E-state index < -0.39 is 0 Å². The van der Waals surface area contributed by atoms with Crippen LogP contribution in [-0.4, -0.2) is 31.1 Å². The molecule has 0 spiro atoms. The number of hydrogen-bond donors (Lipinski definition) is 0. The van der Waals surface area contributed by atoms with Crippen LogP contribution in [0.4, 0.5) is 0 Å². The molecule has 0 saturated carbocycles. The van der Waals surface area contributed by atoms with E-state index in [2.05, 4.69) is 20.8 Å². The Morgan fingerprint density at radius 3 is 2.94 bits per heavy atom. The highest BCUT2D eigenvalue weighted by Gasteiger charge is 2.33. The molecule has 1 fully saturated rings. The summed E-state index contributed by atoms with van der Waals surface area (Å²) in [6.45, 7) is 2.26. The molecule has 1 aromatic carbocycles. The van der Waals surface area contributed by atoms with Gasteiger partial charge >= 0.3 is 5.97 Å². The average molecular weight is 319 g/mol. The molecule has 92 valence electrons. The maximum absolute atomic E-state index is 11.2. The van der Waals surface area contributed by atoms with Crippen LogP contribution in [0.15, 0.2) is 22.7 Å². The Morgan fingerprint density at radius 1 is 1.59 bits per heavy atom. The molecule has 5 heteroatoms. The molecule has 0 unspecified atom stereocenters. The number of carbonyl (C=O) groups excluding carboxylic acids is 1. The topological polar surface area (TPSA) is 29.5 Å². The van der Waals surface area contributed by atoms with Crippen LogP contribution < -0.4 is 0 Å². The SMILES string of the molecule is COC(=O)C1CN(Cc2cc(Br)ccc2Cl)C1. The van der Waals surface area contributed by atoms with Gasteiger partial charge in [0.05, 0.1) is 13.0 Å². The molecule has 17 heavy (non-hydrogen) atoms. The molecule has 1 saturated heterocycles. The molecule has 0 bridgehead atoms. The number of hydrogen-bond acceptors (Lipinski definition) is 3. The summed E-state index contributed by atoms with van der Waals surface area (Å²) in [5.41, 5.74) is 1.07. The van der Waals surface area contributed by atoms with Crippen molar-refractivity contribution >= 4 is 33.5 Å². The van der Waals surface area contributed by atoms with Crippen LogP contribution >= 0.6 is 27.5 Å². The monoisotopic (exact) mass is 317 g/mol. The van der Waals surface area contributed by atoms with Gasteiger partial charge < -0.3 is 4.74 Å². The molecule has 0 N–H and O–H groups in total. The van der Waals surface area contributed by atoms with E-state index in [9.17, 15) is 4.79 Å². The number of esters is 1. The number of nitrogens with zero attached hydrogens (tertiary/aromatic N) is 1. The van der Waals surface area contributed by atoms with E-state index >= 15 is 0 Å². The predicted octanol–water partition coefficient (Wildman–Crippen LogP) is 2.71. The van der Waals surface area contributed by atoms with Crippen LogP contribution in [0.2, 0.25) is 5.02 Å². The Bertz CT molecular complexity index is 433. The van der Waals surface area contributed by atoms with Crippen molar-refractivity contribution in [2.24, 2.45) is 5.92 Å². The van der Waals surface area contributed by atoms with Gasteiger partial charge in [-0.25, -0.2) is 0 Å². The van der Waals surface area contributed by atoms with E-state index in [1.165, 1.54) is 7.11 Å². The average Bonchev–Trinajstić information content (AvgIpc) is 2.26. The lowest BCUT2D eigenvalue weighted by atomic mass is 9.99. The van der Waals surface area contributed by atoms with Crippen LogP contribution in [0.1, 0.15) is 5.56 Å². The second-order valence-corrected chi connectivity index (χ2v) is 5.47. The Kier molecular flexibility index (Phi) is 4.07. The Morgan fingerprint density at radius 2 is 2.29 bits per heavy atom. The van der Waals surface area contributed by atoms with Gasteiger partial charge in [-0.2, -0.15) is 0 Å². The van der Waals surface area contributed by atoms with E-state index in [4.69, 9.17) is 16.3 Å². The lowest BCUT2D eigenvalue weighted by Crippen LogP contribution is -2.50. The summed E-state index contributed by atoms with van der Waals surface area (Å²) in [5, 5.41) is 0.759. The molecule has 1 aliphatic rings. The van der Waals surface area contributed by atoms with Gasteiger partial charge in [-0.1, -0.05) is 27.5 Å². The minimum absolute atomic E-state index is 0.0194. The zero-order valence-corrected chi connectivity index (χ0v) is 11.8. The Hall–Kier alpha value is -0.580. The summed E-state index contributed by atoms with van der Waals surface area (Å²) in [5.74, 6) is -0.104. The summed E-state index contributed by atoms with van der Waals surface area (Å²) >= 11 is 9.53. The largest absolute Gasteiger partial charge is 0.469 e. The molecular formula is C12H13BrClNO2. The van der Waals surface area contributed by atoms with Crippen molar-refractivity contribution in [3.63, 3.8) is 0 Å². The van der Waals surface area contributed by atoms with E-state index in [1.54, 1.807) is 0 Å². The lowest BCUT2D eigenvalue weighted by Gasteiger charge is -2.37. The van der Waals surface area contributed by atoms with E-state index in [0.29, 0.717) is 0 Å². The maximum atomic E-state index is 11.2. The van der Waals surface area contributed by atoms with Gasteiger partial charge in [0.1, 0.15) is 0 Å². The molecule has 1 aliphatic heterocycles. The van der Waals surface area contributed by atoms with Crippen molar-refractivity contribution in [3.8, 4) is 0 Å². The molecule has 1 heterocycles. The number of halogens is 2. The van der Waals surface area contributed by atoms with E-state index in [0.717, 1.165) is 34.7 Å². The summed E-state index contributed by atoms with van der Waals surface area (Å²) in [4.78, 5) is 13.4. The number of carbonyl (C=O) groups is 1. The van der Waals surface area contributed by atoms with Gasteiger partial charge in [-0.3, -0.25) is 9.69 Å². The third kappa shape index (κ3) is 3.00. The van der Waals surface area contributed by atoms with Crippen molar-refractivity contribution in [1.82, 2.24) is 4.90 Å². The molecule has 3 nitrogen and oxygen atoms in total. The minimum Gasteiger partial charge on any atom is -0.469 e. The maximum Gasteiger partial charge on any atom is 0.311 e. The first kappa shape index (κ1) is 12.9. The fourth-order valence-corrected chi connectivity index (χ4v) is 2.51. The first-order valence-electron chi connectivity index (χ1n) is 5.34. The van der Waals surface area contributed by atoms with Crippen molar-refractivity contribution in [2.75, 3.05) is 20.2 Å². The first-order valence-corrected chi connectivity index (χ1v) is 6.51. The zero-order valence-electron chi connectivity index (χ0n) is 9.45. The van der Waals surface area contributed by atoms with E-state index in [-0.39, 0.29) is 11.9 Å². The normalized spacial score (nSPS) is 16.6. The summed E-state index contributed by atoms with van der Waals surface area (Å²) in [6.07, 6.45) is 0. The number of rotatable bonds is 3. The van der Waals surface area contributed by atoms with Gasteiger partial charge in [0.2, 0.25) is 0 Å². The van der Waals surface area contributed by atoms with Crippen LogP contribution in [0.3, 0.4) is 0 Å². The fourth-order valence-electron chi connectivity index (χ4n) is 1.92. The van der Waals surface area contributed by atoms with Gasteiger partial charge in [0.25, 0.3) is 0 Å². The molecular weight excluding hydrogens is 305 g/mol. The van der Waals surface area contributed by atoms with Crippen LogP contribution in [0.25, 0.3) is 0 Å². The van der Waals surface area contributed by atoms with Crippen LogP contribution in [0, 0.1) is 5.92 Å². The quantitative estimate of drug-likeness (QED) is 0.803. The number of benzene rings is 1. The molecule has 0 amide bonds. The first-order chi connectivity index (χ1) is 8.10. The highest BCUT2D eigenvalue weighted by atomic mass is 79.9. The molecule has 0 radical (unpaired) electrons. The van der Waals surface area contributed by atoms with Gasteiger partial charge in [-0.15, -0.1) is 0 Å². The minimum atomic E-state index is -0.124. The van der Waals surface area contributed by atoms with Crippen molar-refractivity contribution in [1.29, 1.82) is 0 Å². The van der Waals surface area contributed by atoms with Crippen LogP contribution in [0.5, 0.6) is 0 Å². The smallest absolute Gasteiger partial charge is 0.311 e. The second kappa shape index (κ2) is 5.38. The highest BCUT2D eigenvalue weighted by molar-refractivity contribution is 9.10. The lowest BCUT2D eigenvalue weighted by molar-refractivity contribution is -0.151. The van der Waals surface area contributed by atoms with Crippen molar-refractivity contribution in [3.05, 3.63) is 33.3 Å². The standard InChI is InChI=1S/C12H13BrClNO2/c1-17-12(16)9-6-15(7-9)5-8-4-10(13)2-3-11(8)14/h2-4,9H,5-7H2,1H3. The van der Waals surface area contributed by atoms with Crippen molar-refractivity contribution in [2.45, 2.75) is 6.54 Å². The van der Waals surface area contributed by atoms with Gasteiger partial charge in [-0.05, 0) is 23.8 Å². The number of ether oxygens (including phenoxy) is 1. The van der Waals surface area contributed by atoms with E-state index in [1.807, 2.05) is 18.2 Å². The molecule has 0 aliphatic carbocycles. The third-order valence-corrected chi connectivity index (χ3v) is 3.76. The molecule has 0 atom stereocenters. The van der Waals surface area contributed by atoms with Gasteiger partial charge in [0, 0.05) is 29.1 Å². The Labute approximate surface area is 114 Å². The summed E-state index contributed by atoms with van der Waals surface area (Å²) in [6, 6.07) is 5.80. The number of methoxy groups -OCH3 is 1. The molecule has 1 aromatic rings. The zero-order chi connectivity index (χ0) is 12.4. The molecule has 0 aromatic heterocycles.